The minimum absolute atomic E-state index is 0.221. The molecule has 1 aliphatic carbocycles. The van der Waals surface area contributed by atoms with E-state index in [0.717, 1.165) is 21.8 Å². The molecule has 3 rings (SSSR count). The predicted octanol–water partition coefficient (Wildman–Crippen LogP) is 4.17. The molecule has 0 aromatic heterocycles. The van der Waals surface area contributed by atoms with Gasteiger partial charge in [0.1, 0.15) is 5.82 Å². The van der Waals surface area contributed by atoms with Crippen LogP contribution < -0.4 is 15.8 Å². The van der Waals surface area contributed by atoms with E-state index < -0.39 is 0 Å². The second kappa shape index (κ2) is 6.18. The van der Waals surface area contributed by atoms with Crippen molar-refractivity contribution in [3.8, 4) is 0 Å². The number of nitrogen functional groups attached to an aromatic ring is 1. The Kier molecular flexibility index (Phi) is 4.27. The van der Waals surface area contributed by atoms with Crippen molar-refractivity contribution in [2.75, 3.05) is 11.1 Å². The average Bonchev–Trinajstić information content (AvgIpc) is 3.24. The van der Waals surface area contributed by atoms with E-state index >= 15 is 0 Å². The van der Waals surface area contributed by atoms with Gasteiger partial charge in [-0.05, 0) is 67.6 Å². The van der Waals surface area contributed by atoms with E-state index in [1.165, 1.54) is 25.0 Å². The van der Waals surface area contributed by atoms with E-state index in [2.05, 4.69) is 17.0 Å². The molecule has 2 aromatic carbocycles. The van der Waals surface area contributed by atoms with E-state index in [-0.39, 0.29) is 5.82 Å². The van der Waals surface area contributed by atoms with Crippen LogP contribution in [0, 0.1) is 5.82 Å². The molecule has 0 unspecified atom stereocenters. The number of nitrogens with two attached hydrogens (primary N) is 1. The first-order chi connectivity index (χ1) is 10.5. The molecule has 2 aromatic rings. The standard InChI is InChI=1S/C17H20FN3S/c1-17(8-9-17)21-22-14-6-7-16(15(19)10-14)20-11-12-2-4-13(18)5-3-12/h2-7,10,20-21H,8-9,11,19H2,1H3. The average molecular weight is 317 g/mol. The Morgan fingerprint density at radius 2 is 1.91 bits per heavy atom. The van der Waals surface area contributed by atoms with Crippen molar-refractivity contribution in [2.45, 2.75) is 36.7 Å². The second-order valence-corrected chi connectivity index (χ2v) is 6.87. The zero-order valence-corrected chi connectivity index (χ0v) is 13.3. The highest BCUT2D eigenvalue weighted by atomic mass is 32.2. The summed E-state index contributed by atoms with van der Waals surface area (Å²) in [4.78, 5) is 1.11. The number of halogens is 1. The summed E-state index contributed by atoms with van der Waals surface area (Å²) in [5.74, 6) is -0.221. The fourth-order valence-electron chi connectivity index (χ4n) is 2.04. The Labute approximate surface area is 134 Å². The van der Waals surface area contributed by atoms with E-state index in [9.17, 15) is 4.39 Å². The molecule has 4 N–H and O–H groups in total. The summed E-state index contributed by atoms with van der Waals surface area (Å²) in [6.45, 7) is 2.84. The SMILES string of the molecule is CC1(NSc2ccc(NCc3ccc(F)cc3)c(N)c2)CC1. The van der Waals surface area contributed by atoms with Gasteiger partial charge in [0.25, 0.3) is 0 Å². The van der Waals surface area contributed by atoms with Gasteiger partial charge in [-0.1, -0.05) is 12.1 Å². The first kappa shape index (κ1) is 15.2. The summed E-state index contributed by atoms with van der Waals surface area (Å²) in [6.07, 6.45) is 2.46. The van der Waals surface area contributed by atoms with Crippen LogP contribution >= 0.6 is 11.9 Å². The molecule has 1 fully saturated rings. The van der Waals surface area contributed by atoms with Crippen LogP contribution in [0.15, 0.2) is 47.4 Å². The zero-order chi connectivity index (χ0) is 15.6. The summed E-state index contributed by atoms with van der Waals surface area (Å²) in [7, 11) is 0. The monoisotopic (exact) mass is 317 g/mol. The maximum Gasteiger partial charge on any atom is 0.123 e. The predicted molar refractivity (Wildman–Crippen MR) is 91.2 cm³/mol. The largest absolute Gasteiger partial charge is 0.397 e. The third-order valence-electron chi connectivity index (χ3n) is 3.83. The Hall–Kier alpha value is -1.72. The minimum Gasteiger partial charge on any atom is -0.397 e. The van der Waals surface area contributed by atoms with Crippen molar-refractivity contribution in [2.24, 2.45) is 0 Å². The lowest BCUT2D eigenvalue weighted by Crippen LogP contribution is -2.19. The second-order valence-electron chi connectivity index (χ2n) is 5.99. The number of anilines is 2. The third-order valence-corrected chi connectivity index (χ3v) is 4.92. The number of hydrogen-bond acceptors (Lipinski definition) is 4. The van der Waals surface area contributed by atoms with Crippen LogP contribution in [0.2, 0.25) is 0 Å². The molecule has 0 heterocycles. The number of rotatable bonds is 6. The van der Waals surface area contributed by atoms with Gasteiger partial charge in [-0.25, -0.2) is 4.39 Å². The summed E-state index contributed by atoms with van der Waals surface area (Å²) in [5, 5.41) is 3.28. The molecule has 5 heteroatoms. The summed E-state index contributed by atoms with van der Waals surface area (Å²) in [6, 6.07) is 12.5. The molecule has 116 valence electrons. The van der Waals surface area contributed by atoms with Gasteiger partial charge in [-0.15, -0.1) is 0 Å². The first-order valence-corrected chi connectivity index (χ1v) is 8.18. The molecular formula is C17H20FN3S. The molecule has 0 spiro atoms. The lowest BCUT2D eigenvalue weighted by Gasteiger charge is -2.13. The Morgan fingerprint density at radius 1 is 1.18 bits per heavy atom. The Morgan fingerprint density at radius 3 is 2.55 bits per heavy atom. The van der Waals surface area contributed by atoms with Crippen molar-refractivity contribution in [1.82, 2.24) is 4.72 Å². The van der Waals surface area contributed by atoms with Crippen LogP contribution in [-0.2, 0) is 6.54 Å². The van der Waals surface area contributed by atoms with E-state index in [4.69, 9.17) is 5.73 Å². The van der Waals surface area contributed by atoms with Crippen LogP contribution in [0.25, 0.3) is 0 Å². The Bertz CT molecular complexity index is 653. The molecule has 1 saturated carbocycles. The smallest absolute Gasteiger partial charge is 0.123 e. The van der Waals surface area contributed by atoms with Crippen molar-refractivity contribution in [1.29, 1.82) is 0 Å². The molecule has 3 nitrogen and oxygen atoms in total. The molecule has 22 heavy (non-hydrogen) atoms. The lowest BCUT2D eigenvalue weighted by molar-refractivity contribution is 0.627. The zero-order valence-electron chi connectivity index (χ0n) is 12.5. The molecular weight excluding hydrogens is 297 g/mol. The van der Waals surface area contributed by atoms with Crippen LogP contribution in [0.3, 0.4) is 0 Å². The van der Waals surface area contributed by atoms with Gasteiger partial charge in [0.05, 0.1) is 11.4 Å². The van der Waals surface area contributed by atoms with Gasteiger partial charge >= 0.3 is 0 Å². The molecule has 1 aliphatic rings. The van der Waals surface area contributed by atoms with E-state index in [1.807, 2.05) is 18.2 Å². The number of benzene rings is 2. The summed E-state index contributed by atoms with van der Waals surface area (Å²) in [5.41, 5.74) is 9.02. The maximum atomic E-state index is 12.9. The van der Waals surface area contributed by atoms with Crippen LogP contribution in [0.4, 0.5) is 15.8 Å². The van der Waals surface area contributed by atoms with Gasteiger partial charge in [-0.2, -0.15) is 0 Å². The highest BCUT2D eigenvalue weighted by Gasteiger charge is 2.36. The third kappa shape index (κ3) is 3.93. The van der Waals surface area contributed by atoms with Crippen LogP contribution in [0.5, 0.6) is 0 Å². The Balaban J connectivity index is 1.58. The fraction of sp³-hybridized carbons (Fsp3) is 0.294. The molecule has 0 atom stereocenters. The summed E-state index contributed by atoms with van der Waals surface area (Å²) < 4.78 is 16.3. The fourth-order valence-corrected chi connectivity index (χ4v) is 2.93. The van der Waals surface area contributed by atoms with Gasteiger partial charge < -0.3 is 11.1 Å². The lowest BCUT2D eigenvalue weighted by atomic mass is 10.2. The maximum absolute atomic E-state index is 12.9. The molecule has 0 aliphatic heterocycles. The van der Waals surface area contributed by atoms with Crippen molar-refractivity contribution >= 4 is 23.3 Å². The highest BCUT2D eigenvalue weighted by molar-refractivity contribution is 7.97. The molecule has 0 amide bonds. The van der Waals surface area contributed by atoms with Gasteiger partial charge in [0, 0.05) is 17.0 Å². The molecule has 0 bridgehead atoms. The number of nitrogens with one attached hydrogen (secondary N) is 2. The van der Waals surface area contributed by atoms with Crippen molar-refractivity contribution in [3.05, 3.63) is 53.8 Å². The highest BCUT2D eigenvalue weighted by Crippen LogP contribution is 2.38. The van der Waals surface area contributed by atoms with Crippen molar-refractivity contribution < 1.29 is 4.39 Å². The van der Waals surface area contributed by atoms with E-state index in [0.29, 0.717) is 12.1 Å². The first-order valence-electron chi connectivity index (χ1n) is 7.36. The normalized spacial score (nSPS) is 15.5. The quantitative estimate of drug-likeness (QED) is 0.553. The molecule has 0 radical (unpaired) electrons. The molecule has 0 saturated heterocycles. The summed E-state index contributed by atoms with van der Waals surface area (Å²) >= 11 is 1.63. The van der Waals surface area contributed by atoms with Crippen molar-refractivity contribution in [3.63, 3.8) is 0 Å². The number of hydrogen-bond donors (Lipinski definition) is 3. The topological polar surface area (TPSA) is 50.1 Å². The van der Waals surface area contributed by atoms with Crippen LogP contribution in [0.1, 0.15) is 25.3 Å². The van der Waals surface area contributed by atoms with Crippen LogP contribution in [-0.4, -0.2) is 5.54 Å². The van der Waals surface area contributed by atoms with Gasteiger partial charge in [0.15, 0.2) is 0 Å². The van der Waals surface area contributed by atoms with Gasteiger partial charge in [0.2, 0.25) is 0 Å². The minimum atomic E-state index is -0.221. The van der Waals surface area contributed by atoms with E-state index in [1.54, 1.807) is 24.1 Å². The van der Waals surface area contributed by atoms with Gasteiger partial charge in [-0.3, -0.25) is 4.72 Å².